The van der Waals surface area contributed by atoms with E-state index in [1.54, 1.807) is 10.0 Å². The molecule has 0 bridgehead atoms. The standard InChI is InChI=1S/C11H15BrN2O/c1-2-5-11(6-3-8-13)7-4-9-14(12)10(11)15/h2H,1,3-7,9H2/t11-/m0/s1. The van der Waals surface area contributed by atoms with Crippen LogP contribution in [-0.4, -0.2) is 16.4 Å². The van der Waals surface area contributed by atoms with Crippen molar-refractivity contribution in [1.29, 1.82) is 5.26 Å². The van der Waals surface area contributed by atoms with Gasteiger partial charge in [0.15, 0.2) is 0 Å². The van der Waals surface area contributed by atoms with Gasteiger partial charge in [0.25, 0.3) is 0 Å². The normalized spacial score (nSPS) is 26.1. The van der Waals surface area contributed by atoms with Crippen LogP contribution in [0.3, 0.4) is 0 Å². The van der Waals surface area contributed by atoms with Crippen LogP contribution in [0, 0.1) is 16.7 Å². The number of amides is 1. The SMILES string of the molecule is C=CC[C@]1(CCC#N)CCCN(Br)C1=O. The highest BCUT2D eigenvalue weighted by atomic mass is 79.9. The summed E-state index contributed by atoms with van der Waals surface area (Å²) in [5.74, 6) is 0.101. The van der Waals surface area contributed by atoms with Crippen molar-refractivity contribution in [2.75, 3.05) is 6.54 Å². The average Bonchev–Trinajstić information content (AvgIpc) is 2.23. The fourth-order valence-corrected chi connectivity index (χ4v) is 2.74. The van der Waals surface area contributed by atoms with Crippen molar-refractivity contribution in [2.24, 2.45) is 5.41 Å². The average molecular weight is 271 g/mol. The monoisotopic (exact) mass is 270 g/mol. The van der Waals surface area contributed by atoms with E-state index in [0.717, 1.165) is 19.4 Å². The van der Waals surface area contributed by atoms with Crippen molar-refractivity contribution < 1.29 is 4.79 Å². The molecule has 82 valence electrons. The van der Waals surface area contributed by atoms with Gasteiger partial charge in [-0.1, -0.05) is 6.08 Å². The number of carbonyl (C=O) groups excluding carboxylic acids is 1. The third kappa shape index (κ3) is 2.60. The molecule has 1 atom stereocenters. The second kappa shape index (κ2) is 5.32. The summed E-state index contributed by atoms with van der Waals surface area (Å²) in [6.07, 6.45) is 5.35. The number of rotatable bonds is 4. The first-order valence-corrected chi connectivity index (χ1v) is 5.83. The summed E-state index contributed by atoms with van der Waals surface area (Å²) in [4.78, 5) is 12.1. The summed E-state index contributed by atoms with van der Waals surface area (Å²) in [5.41, 5.74) is -0.390. The predicted molar refractivity (Wildman–Crippen MR) is 62.0 cm³/mol. The van der Waals surface area contributed by atoms with E-state index in [-0.39, 0.29) is 11.3 Å². The summed E-state index contributed by atoms with van der Waals surface area (Å²) >= 11 is 3.26. The van der Waals surface area contributed by atoms with Crippen molar-refractivity contribution in [2.45, 2.75) is 32.1 Å². The highest BCUT2D eigenvalue weighted by Crippen LogP contribution is 2.40. The molecule has 1 aliphatic heterocycles. The lowest BCUT2D eigenvalue weighted by Crippen LogP contribution is -2.44. The molecule has 4 heteroatoms. The number of nitriles is 1. The number of piperidine rings is 1. The zero-order chi connectivity index (χ0) is 11.3. The Labute approximate surface area is 99.1 Å². The molecule has 1 saturated heterocycles. The van der Waals surface area contributed by atoms with Crippen LogP contribution >= 0.6 is 16.1 Å². The highest BCUT2D eigenvalue weighted by molar-refractivity contribution is 9.07. The fraction of sp³-hybridized carbons (Fsp3) is 0.636. The molecule has 0 saturated carbocycles. The molecule has 1 aliphatic rings. The Bertz CT molecular complexity index is 297. The predicted octanol–water partition coefficient (Wildman–Crippen LogP) is 2.78. The first kappa shape index (κ1) is 12.3. The van der Waals surface area contributed by atoms with Gasteiger partial charge < -0.3 is 0 Å². The topological polar surface area (TPSA) is 44.1 Å². The number of hydrogen-bond donors (Lipinski definition) is 0. The summed E-state index contributed by atoms with van der Waals surface area (Å²) in [7, 11) is 0. The van der Waals surface area contributed by atoms with Crippen LogP contribution in [0.15, 0.2) is 12.7 Å². The minimum Gasteiger partial charge on any atom is -0.278 e. The maximum Gasteiger partial charge on any atom is 0.238 e. The number of carbonyl (C=O) groups is 1. The molecule has 1 amide bonds. The van der Waals surface area contributed by atoms with Crippen LogP contribution in [-0.2, 0) is 4.79 Å². The molecule has 0 aromatic carbocycles. The molecule has 0 spiro atoms. The zero-order valence-electron chi connectivity index (χ0n) is 8.71. The van der Waals surface area contributed by atoms with Crippen molar-refractivity contribution >= 4 is 22.1 Å². The first-order chi connectivity index (χ1) is 7.16. The van der Waals surface area contributed by atoms with Crippen LogP contribution < -0.4 is 0 Å². The lowest BCUT2D eigenvalue weighted by molar-refractivity contribution is -0.139. The Balaban J connectivity index is 2.82. The second-order valence-corrected chi connectivity index (χ2v) is 4.78. The minimum atomic E-state index is -0.390. The maximum absolute atomic E-state index is 12.1. The van der Waals surface area contributed by atoms with E-state index in [2.05, 4.69) is 28.8 Å². The van der Waals surface area contributed by atoms with Crippen LogP contribution in [0.25, 0.3) is 0 Å². The lowest BCUT2D eigenvalue weighted by atomic mass is 9.73. The van der Waals surface area contributed by atoms with Gasteiger partial charge in [0, 0.05) is 13.0 Å². The maximum atomic E-state index is 12.1. The highest BCUT2D eigenvalue weighted by Gasteiger charge is 2.41. The van der Waals surface area contributed by atoms with Crippen LogP contribution in [0.2, 0.25) is 0 Å². The molecule has 1 rings (SSSR count). The molecular weight excluding hydrogens is 256 g/mol. The Hall–Kier alpha value is -0.820. The quantitative estimate of drug-likeness (QED) is 0.583. The van der Waals surface area contributed by atoms with Crippen molar-refractivity contribution in [3.63, 3.8) is 0 Å². The van der Waals surface area contributed by atoms with Gasteiger partial charge in [0.2, 0.25) is 5.91 Å². The number of allylic oxidation sites excluding steroid dienone is 1. The fourth-order valence-electron chi connectivity index (χ4n) is 2.12. The molecule has 0 N–H and O–H groups in total. The van der Waals surface area contributed by atoms with Gasteiger partial charge in [0.05, 0.1) is 27.6 Å². The first-order valence-electron chi connectivity index (χ1n) is 5.12. The number of nitrogens with zero attached hydrogens (tertiary/aromatic N) is 2. The van der Waals surface area contributed by atoms with Crippen molar-refractivity contribution in [1.82, 2.24) is 3.93 Å². The van der Waals surface area contributed by atoms with E-state index < -0.39 is 0 Å². The largest absolute Gasteiger partial charge is 0.278 e. The zero-order valence-corrected chi connectivity index (χ0v) is 10.3. The van der Waals surface area contributed by atoms with Crippen LogP contribution in [0.4, 0.5) is 0 Å². The smallest absolute Gasteiger partial charge is 0.238 e. The van der Waals surface area contributed by atoms with Crippen LogP contribution in [0.5, 0.6) is 0 Å². The van der Waals surface area contributed by atoms with E-state index in [1.807, 2.05) is 0 Å². The Morgan fingerprint density at radius 3 is 3.07 bits per heavy atom. The Morgan fingerprint density at radius 1 is 1.73 bits per heavy atom. The van der Waals surface area contributed by atoms with Gasteiger partial charge in [-0.2, -0.15) is 5.26 Å². The van der Waals surface area contributed by atoms with Gasteiger partial charge in [-0.15, -0.1) is 6.58 Å². The van der Waals surface area contributed by atoms with E-state index in [0.29, 0.717) is 19.3 Å². The third-order valence-corrected chi connectivity index (χ3v) is 3.61. The van der Waals surface area contributed by atoms with Crippen molar-refractivity contribution in [3.05, 3.63) is 12.7 Å². The molecule has 15 heavy (non-hydrogen) atoms. The molecule has 0 unspecified atom stereocenters. The lowest BCUT2D eigenvalue weighted by Gasteiger charge is -2.38. The third-order valence-electron chi connectivity index (χ3n) is 2.93. The Morgan fingerprint density at radius 2 is 2.47 bits per heavy atom. The van der Waals surface area contributed by atoms with Gasteiger partial charge >= 0.3 is 0 Å². The summed E-state index contributed by atoms with van der Waals surface area (Å²) in [5, 5.41) is 8.62. The minimum absolute atomic E-state index is 0.101. The Kier molecular flexibility index (Phi) is 4.34. The summed E-state index contributed by atoms with van der Waals surface area (Å²) in [6, 6.07) is 2.11. The van der Waals surface area contributed by atoms with Gasteiger partial charge in [-0.3, -0.25) is 8.72 Å². The molecule has 3 nitrogen and oxygen atoms in total. The molecule has 1 heterocycles. The molecule has 0 radical (unpaired) electrons. The van der Waals surface area contributed by atoms with E-state index in [1.165, 1.54) is 0 Å². The second-order valence-electron chi connectivity index (χ2n) is 3.93. The summed E-state index contributed by atoms with van der Waals surface area (Å²) < 4.78 is 1.59. The summed E-state index contributed by atoms with van der Waals surface area (Å²) in [6.45, 7) is 4.45. The van der Waals surface area contributed by atoms with E-state index in [4.69, 9.17) is 5.26 Å². The van der Waals surface area contributed by atoms with E-state index >= 15 is 0 Å². The molecule has 1 fully saturated rings. The molecular formula is C11H15BrN2O. The molecule has 0 aromatic rings. The van der Waals surface area contributed by atoms with Crippen molar-refractivity contribution in [3.8, 4) is 6.07 Å². The number of halogens is 1. The molecule has 0 aliphatic carbocycles. The van der Waals surface area contributed by atoms with Gasteiger partial charge in [0.1, 0.15) is 0 Å². The molecule has 0 aromatic heterocycles. The van der Waals surface area contributed by atoms with E-state index in [9.17, 15) is 4.79 Å². The van der Waals surface area contributed by atoms with Crippen LogP contribution in [0.1, 0.15) is 32.1 Å². The van der Waals surface area contributed by atoms with Gasteiger partial charge in [-0.25, -0.2) is 0 Å². The number of hydrogen-bond acceptors (Lipinski definition) is 2. The van der Waals surface area contributed by atoms with Gasteiger partial charge in [-0.05, 0) is 25.7 Å².